The minimum absolute atomic E-state index is 0.104. The second kappa shape index (κ2) is 6.24. The molecule has 1 N–H and O–H groups in total. The molecule has 0 bridgehead atoms. The van der Waals surface area contributed by atoms with Gasteiger partial charge in [-0.15, -0.1) is 0 Å². The van der Waals surface area contributed by atoms with E-state index in [0.29, 0.717) is 13.2 Å². The highest BCUT2D eigenvalue weighted by atomic mass is 79.9. The second-order valence-corrected chi connectivity index (χ2v) is 6.84. The first-order valence-corrected chi connectivity index (χ1v) is 8.23. The molecule has 1 spiro atoms. The van der Waals surface area contributed by atoms with Crippen molar-refractivity contribution >= 4 is 15.9 Å². The molecule has 0 aromatic heterocycles. The Morgan fingerprint density at radius 1 is 1.43 bits per heavy atom. The Hall–Kier alpha value is -0.620. The van der Waals surface area contributed by atoms with E-state index in [2.05, 4.69) is 15.9 Å². The summed E-state index contributed by atoms with van der Waals surface area (Å²) in [4.78, 5) is 0. The lowest BCUT2D eigenvalue weighted by Crippen LogP contribution is -2.44. The third-order valence-corrected chi connectivity index (χ3v) is 4.73. The molecule has 2 fully saturated rings. The summed E-state index contributed by atoms with van der Waals surface area (Å²) in [6, 6.07) is 5.75. The first kappa shape index (κ1) is 15.3. The molecule has 0 radical (unpaired) electrons. The Morgan fingerprint density at radius 2 is 2.29 bits per heavy atom. The predicted molar refractivity (Wildman–Crippen MR) is 82.5 cm³/mol. The lowest BCUT2D eigenvalue weighted by Gasteiger charge is -2.37. The van der Waals surface area contributed by atoms with Gasteiger partial charge in [-0.2, -0.15) is 0 Å². The maximum atomic E-state index is 9.89. The van der Waals surface area contributed by atoms with Gasteiger partial charge in [-0.1, -0.05) is 22.0 Å². The molecule has 0 aliphatic carbocycles. The third-order valence-electron chi connectivity index (χ3n) is 4.23. The maximum Gasteiger partial charge on any atom is 0.126 e. The topological polar surface area (TPSA) is 47.9 Å². The molecule has 0 amide bonds. The van der Waals surface area contributed by atoms with Crippen LogP contribution < -0.4 is 4.74 Å². The number of benzene rings is 1. The van der Waals surface area contributed by atoms with Crippen LogP contribution >= 0.6 is 15.9 Å². The summed E-state index contributed by atoms with van der Waals surface area (Å²) in [7, 11) is 0. The Balaban J connectivity index is 1.75. The number of aliphatic hydroxyl groups is 1. The molecule has 3 atom stereocenters. The normalized spacial score (nSPS) is 30.5. The fourth-order valence-corrected chi connectivity index (χ4v) is 3.42. The SMILES string of the molecule is C[C@H](O)c1ccc(Br)cc1OC1CCOC2(CCOC2)C1. The zero-order valence-corrected chi connectivity index (χ0v) is 13.8. The lowest BCUT2D eigenvalue weighted by atomic mass is 9.91. The van der Waals surface area contributed by atoms with Crippen LogP contribution in [-0.2, 0) is 9.47 Å². The number of aliphatic hydroxyl groups excluding tert-OH is 1. The van der Waals surface area contributed by atoms with Gasteiger partial charge in [0.25, 0.3) is 0 Å². The molecule has 4 nitrogen and oxygen atoms in total. The summed E-state index contributed by atoms with van der Waals surface area (Å²) in [6.45, 7) is 3.88. The Kier molecular flexibility index (Phi) is 4.54. The predicted octanol–water partition coefficient (Wildman–Crippen LogP) is 3.22. The van der Waals surface area contributed by atoms with Crippen molar-refractivity contribution in [3.05, 3.63) is 28.2 Å². The minimum atomic E-state index is -0.545. The fourth-order valence-electron chi connectivity index (χ4n) is 3.08. The van der Waals surface area contributed by atoms with E-state index in [0.717, 1.165) is 41.7 Å². The summed E-state index contributed by atoms with van der Waals surface area (Å²) < 4.78 is 18.6. The number of hydrogen-bond acceptors (Lipinski definition) is 4. The molecule has 2 aliphatic rings. The molecule has 2 aliphatic heterocycles. The van der Waals surface area contributed by atoms with Crippen molar-refractivity contribution in [1.82, 2.24) is 0 Å². The van der Waals surface area contributed by atoms with E-state index in [-0.39, 0.29) is 11.7 Å². The van der Waals surface area contributed by atoms with Crippen molar-refractivity contribution in [3.8, 4) is 5.75 Å². The summed E-state index contributed by atoms with van der Waals surface area (Å²) in [5, 5.41) is 9.89. The van der Waals surface area contributed by atoms with Gasteiger partial charge in [-0.25, -0.2) is 0 Å². The average Bonchev–Trinajstić information content (AvgIpc) is 2.86. The monoisotopic (exact) mass is 356 g/mol. The van der Waals surface area contributed by atoms with Crippen molar-refractivity contribution < 1.29 is 19.3 Å². The van der Waals surface area contributed by atoms with E-state index in [1.807, 2.05) is 18.2 Å². The van der Waals surface area contributed by atoms with Crippen LogP contribution in [0.5, 0.6) is 5.75 Å². The number of halogens is 1. The molecular formula is C16H21BrO4. The van der Waals surface area contributed by atoms with Crippen molar-refractivity contribution in [2.45, 2.75) is 44.0 Å². The summed E-state index contributed by atoms with van der Waals surface area (Å²) >= 11 is 3.46. The van der Waals surface area contributed by atoms with Gasteiger partial charge < -0.3 is 19.3 Å². The van der Waals surface area contributed by atoms with Crippen LogP contribution in [0.25, 0.3) is 0 Å². The molecule has 2 saturated heterocycles. The van der Waals surface area contributed by atoms with Gasteiger partial charge >= 0.3 is 0 Å². The van der Waals surface area contributed by atoms with Gasteiger partial charge in [0, 0.05) is 35.9 Å². The molecule has 1 aromatic rings. The van der Waals surface area contributed by atoms with E-state index in [4.69, 9.17) is 14.2 Å². The molecular weight excluding hydrogens is 336 g/mol. The van der Waals surface area contributed by atoms with Gasteiger partial charge in [0.05, 0.1) is 24.9 Å². The first-order chi connectivity index (χ1) is 10.1. The molecule has 21 heavy (non-hydrogen) atoms. The van der Waals surface area contributed by atoms with Crippen LogP contribution in [0.1, 0.15) is 37.9 Å². The highest BCUT2D eigenvalue weighted by Gasteiger charge is 2.42. The van der Waals surface area contributed by atoms with E-state index in [1.165, 1.54) is 0 Å². The van der Waals surface area contributed by atoms with Crippen LogP contribution in [0.4, 0.5) is 0 Å². The standard InChI is InChI=1S/C16H21BrO4/c1-11(18)14-3-2-12(17)8-15(14)21-13-4-6-20-16(9-13)5-7-19-10-16/h2-3,8,11,13,18H,4-7,9-10H2,1H3/t11-,13?,16?/m0/s1. The van der Waals surface area contributed by atoms with Gasteiger partial charge in [0.1, 0.15) is 11.9 Å². The summed E-state index contributed by atoms with van der Waals surface area (Å²) in [5.74, 6) is 0.750. The molecule has 116 valence electrons. The van der Waals surface area contributed by atoms with Gasteiger partial charge in [0.15, 0.2) is 0 Å². The van der Waals surface area contributed by atoms with Crippen LogP contribution in [0, 0.1) is 0 Å². The van der Waals surface area contributed by atoms with Gasteiger partial charge in [-0.05, 0) is 19.1 Å². The molecule has 2 unspecified atom stereocenters. The van der Waals surface area contributed by atoms with Gasteiger partial charge in [0.2, 0.25) is 0 Å². The third kappa shape index (κ3) is 3.42. The Morgan fingerprint density at radius 3 is 3.00 bits per heavy atom. The van der Waals surface area contributed by atoms with E-state index >= 15 is 0 Å². The van der Waals surface area contributed by atoms with Crippen LogP contribution in [0.15, 0.2) is 22.7 Å². The van der Waals surface area contributed by atoms with E-state index < -0.39 is 6.10 Å². The highest BCUT2D eigenvalue weighted by Crippen LogP contribution is 2.36. The largest absolute Gasteiger partial charge is 0.490 e. The molecule has 5 heteroatoms. The van der Waals surface area contributed by atoms with Crippen LogP contribution in [-0.4, -0.2) is 36.6 Å². The summed E-state index contributed by atoms with van der Waals surface area (Å²) in [5.41, 5.74) is 0.654. The fraction of sp³-hybridized carbons (Fsp3) is 0.625. The Labute approximate surface area is 133 Å². The van der Waals surface area contributed by atoms with E-state index in [9.17, 15) is 5.11 Å². The smallest absolute Gasteiger partial charge is 0.126 e. The summed E-state index contributed by atoms with van der Waals surface area (Å²) in [6.07, 6.45) is 2.21. The lowest BCUT2D eigenvalue weighted by molar-refractivity contribution is -0.112. The zero-order chi connectivity index (χ0) is 14.9. The van der Waals surface area contributed by atoms with Crippen molar-refractivity contribution in [2.75, 3.05) is 19.8 Å². The molecule has 2 heterocycles. The zero-order valence-electron chi connectivity index (χ0n) is 12.2. The Bertz CT molecular complexity index is 497. The highest BCUT2D eigenvalue weighted by molar-refractivity contribution is 9.10. The van der Waals surface area contributed by atoms with Crippen molar-refractivity contribution in [3.63, 3.8) is 0 Å². The van der Waals surface area contributed by atoms with Crippen LogP contribution in [0.2, 0.25) is 0 Å². The first-order valence-electron chi connectivity index (χ1n) is 7.44. The van der Waals surface area contributed by atoms with Crippen LogP contribution in [0.3, 0.4) is 0 Å². The quantitative estimate of drug-likeness (QED) is 0.903. The minimum Gasteiger partial charge on any atom is -0.490 e. The molecule has 0 saturated carbocycles. The number of ether oxygens (including phenoxy) is 3. The molecule has 3 rings (SSSR count). The van der Waals surface area contributed by atoms with Gasteiger partial charge in [-0.3, -0.25) is 0 Å². The average molecular weight is 357 g/mol. The van der Waals surface area contributed by atoms with Crippen molar-refractivity contribution in [2.24, 2.45) is 0 Å². The second-order valence-electron chi connectivity index (χ2n) is 5.92. The maximum absolute atomic E-state index is 9.89. The van der Waals surface area contributed by atoms with E-state index in [1.54, 1.807) is 6.92 Å². The number of hydrogen-bond donors (Lipinski definition) is 1. The number of rotatable bonds is 3. The molecule has 1 aromatic carbocycles. The van der Waals surface area contributed by atoms with Crippen molar-refractivity contribution in [1.29, 1.82) is 0 Å².